The number of hydrogen-bond donors (Lipinski definition) is 0. The van der Waals surface area contributed by atoms with Crippen LogP contribution < -0.4 is 0 Å². The van der Waals surface area contributed by atoms with E-state index >= 15 is 0 Å². The summed E-state index contributed by atoms with van der Waals surface area (Å²) in [5.41, 5.74) is 12.5. The van der Waals surface area contributed by atoms with E-state index in [2.05, 4.69) is 242 Å². The molecule has 0 saturated carbocycles. The summed E-state index contributed by atoms with van der Waals surface area (Å²) in [7, 11) is 0. The van der Waals surface area contributed by atoms with Crippen molar-refractivity contribution in [2.75, 3.05) is 0 Å². The lowest BCUT2D eigenvalue weighted by Gasteiger charge is -2.24. The fourth-order valence-corrected chi connectivity index (χ4v) is 10.0. The lowest BCUT2D eigenvalue weighted by atomic mass is 10.1. The van der Waals surface area contributed by atoms with Crippen LogP contribution in [-0.4, -0.2) is 18.3 Å². The fourth-order valence-electron chi connectivity index (χ4n) is 10.0. The Morgan fingerprint density at radius 2 is 0.533 bits per heavy atom. The second-order valence-corrected chi connectivity index (χ2v) is 18.2. The Kier molecular flexibility index (Phi) is 7.96. The number of rotatable bonds is 2. The molecule has 0 spiro atoms. The zero-order valence-electron chi connectivity index (χ0n) is 35.1. The molecule has 8 aromatic carbocycles. The molecule has 60 heavy (non-hydrogen) atoms. The van der Waals surface area contributed by atoms with Gasteiger partial charge in [-0.15, -0.1) is 0 Å². The van der Waals surface area contributed by atoms with Crippen molar-refractivity contribution in [2.45, 2.75) is 52.6 Å². The molecule has 4 heterocycles. The van der Waals surface area contributed by atoms with Crippen molar-refractivity contribution in [3.63, 3.8) is 0 Å². The van der Waals surface area contributed by atoms with Gasteiger partial charge in [-0.1, -0.05) is 115 Å². The Morgan fingerprint density at radius 1 is 0.250 bits per heavy atom. The molecule has 0 amide bonds. The summed E-state index contributed by atoms with van der Waals surface area (Å²) in [5.74, 6) is 0. The number of aromatic nitrogens is 4. The normalized spacial score (nSPS) is 12.5. The Balaban J connectivity index is 0.000000136. The Labute approximate surface area is 350 Å². The smallest absolute Gasteiger partial charge is 0.0541 e. The quantitative estimate of drug-likeness (QED) is 0.167. The zero-order valence-corrected chi connectivity index (χ0v) is 35.1. The molecule has 0 aliphatic carbocycles. The standard InChI is InChI=1S/2C28H24N2/c1-28(2,3)30-26-15-9-6-12-22(26)23-18-19(16-17-27(23)30)29-24-13-7-4-10-20(24)21-11-5-8-14-25(21)29;1-28(2,3)30-26-15-9-6-12-22(26)23-17-16-19(18-27(23)30)29-24-13-7-4-10-20(24)21-11-5-8-14-25(21)29/h2*4-18H,1-3H3. The number of para-hydroxylation sites is 6. The van der Waals surface area contributed by atoms with Crippen molar-refractivity contribution < 1.29 is 0 Å². The topological polar surface area (TPSA) is 19.7 Å². The van der Waals surface area contributed by atoms with E-state index in [9.17, 15) is 0 Å². The monoisotopic (exact) mass is 776 g/mol. The number of nitrogens with zero attached hydrogens (tertiary/aromatic N) is 4. The van der Waals surface area contributed by atoms with Crippen LogP contribution >= 0.6 is 0 Å². The number of hydrogen-bond acceptors (Lipinski definition) is 0. The summed E-state index contributed by atoms with van der Waals surface area (Å²) >= 11 is 0. The van der Waals surface area contributed by atoms with Crippen LogP contribution in [0, 0.1) is 0 Å². The minimum absolute atomic E-state index is 0.00964. The molecule has 0 radical (unpaired) electrons. The van der Waals surface area contributed by atoms with Crippen molar-refractivity contribution in [2.24, 2.45) is 0 Å². The van der Waals surface area contributed by atoms with E-state index in [4.69, 9.17) is 0 Å². The molecule has 0 saturated heterocycles. The summed E-state index contributed by atoms with van der Waals surface area (Å²) in [5, 5.41) is 10.4. The molecular formula is C56H48N4. The molecule has 0 unspecified atom stereocenters. The second kappa shape index (κ2) is 13.2. The molecule has 4 nitrogen and oxygen atoms in total. The SMILES string of the molecule is CC(C)(C)n1c2ccccc2c2cc(-n3c4ccccc4c4ccccc43)ccc21.CC(C)(C)n1c2ccccc2c2ccc(-n3c4ccccc4c4ccccc43)cc21. The molecule has 0 bridgehead atoms. The molecule has 0 N–H and O–H groups in total. The predicted octanol–water partition coefficient (Wildman–Crippen LogP) is 15.3. The van der Waals surface area contributed by atoms with Gasteiger partial charge in [0.15, 0.2) is 0 Å². The third-order valence-electron chi connectivity index (χ3n) is 12.3. The maximum Gasteiger partial charge on any atom is 0.0541 e. The first-order valence-electron chi connectivity index (χ1n) is 21.1. The van der Waals surface area contributed by atoms with Crippen LogP contribution in [0.3, 0.4) is 0 Å². The maximum absolute atomic E-state index is 2.48. The first kappa shape index (κ1) is 36.1. The Morgan fingerprint density at radius 3 is 0.950 bits per heavy atom. The molecular weight excluding hydrogens is 729 g/mol. The lowest BCUT2D eigenvalue weighted by Crippen LogP contribution is -2.21. The van der Waals surface area contributed by atoms with E-state index in [1.54, 1.807) is 0 Å². The molecule has 12 aromatic rings. The van der Waals surface area contributed by atoms with Crippen molar-refractivity contribution in [1.29, 1.82) is 0 Å². The highest BCUT2D eigenvalue weighted by Gasteiger charge is 2.23. The lowest BCUT2D eigenvalue weighted by molar-refractivity contribution is 0.423. The molecule has 0 aliphatic rings. The zero-order chi connectivity index (χ0) is 40.9. The minimum Gasteiger partial charge on any atom is -0.335 e. The van der Waals surface area contributed by atoms with Gasteiger partial charge in [-0.25, -0.2) is 0 Å². The van der Waals surface area contributed by atoms with Gasteiger partial charge in [-0.05, 0) is 108 Å². The van der Waals surface area contributed by atoms with Gasteiger partial charge in [0, 0.05) is 82.1 Å². The highest BCUT2D eigenvalue weighted by atomic mass is 15.1. The van der Waals surface area contributed by atoms with E-state index in [0.717, 1.165) is 0 Å². The van der Waals surface area contributed by atoms with Crippen molar-refractivity contribution in [3.8, 4) is 11.4 Å². The van der Waals surface area contributed by atoms with Crippen molar-refractivity contribution >= 4 is 87.2 Å². The van der Waals surface area contributed by atoms with Gasteiger partial charge in [0.2, 0.25) is 0 Å². The van der Waals surface area contributed by atoms with Crippen LogP contribution in [0.4, 0.5) is 0 Å². The number of benzene rings is 8. The van der Waals surface area contributed by atoms with E-state index in [1.165, 1.54) is 98.6 Å². The third kappa shape index (κ3) is 5.44. The van der Waals surface area contributed by atoms with E-state index < -0.39 is 0 Å². The summed E-state index contributed by atoms with van der Waals surface area (Å²) in [6.07, 6.45) is 0. The molecule has 4 heteroatoms. The Bertz CT molecular complexity index is 3510. The third-order valence-corrected chi connectivity index (χ3v) is 12.3. The van der Waals surface area contributed by atoms with E-state index in [-0.39, 0.29) is 11.1 Å². The van der Waals surface area contributed by atoms with Gasteiger partial charge in [0.05, 0.1) is 27.6 Å². The Hall–Kier alpha value is -7.04. The summed E-state index contributed by atoms with van der Waals surface area (Å²) in [6.45, 7) is 13.7. The van der Waals surface area contributed by atoms with Gasteiger partial charge in [-0.2, -0.15) is 0 Å². The second-order valence-electron chi connectivity index (χ2n) is 18.2. The predicted molar refractivity (Wildman–Crippen MR) is 258 cm³/mol. The average Bonchev–Trinajstić information content (AvgIpc) is 3.98. The van der Waals surface area contributed by atoms with Gasteiger partial charge < -0.3 is 18.3 Å². The maximum atomic E-state index is 2.48. The summed E-state index contributed by atoms with van der Waals surface area (Å²) in [6, 6.07) is 66.1. The highest BCUT2D eigenvalue weighted by Crippen LogP contribution is 2.40. The van der Waals surface area contributed by atoms with Crippen LogP contribution in [0.1, 0.15) is 41.5 Å². The van der Waals surface area contributed by atoms with E-state index in [1.807, 2.05) is 0 Å². The van der Waals surface area contributed by atoms with E-state index in [0.29, 0.717) is 0 Å². The van der Waals surface area contributed by atoms with Crippen LogP contribution in [0.5, 0.6) is 0 Å². The summed E-state index contributed by atoms with van der Waals surface area (Å²) < 4.78 is 9.74. The highest BCUT2D eigenvalue weighted by molar-refractivity contribution is 6.13. The van der Waals surface area contributed by atoms with Crippen molar-refractivity contribution in [3.05, 3.63) is 182 Å². The summed E-state index contributed by atoms with van der Waals surface area (Å²) in [4.78, 5) is 0. The molecule has 0 atom stereocenters. The molecule has 4 aromatic heterocycles. The van der Waals surface area contributed by atoms with Crippen LogP contribution in [-0.2, 0) is 11.1 Å². The van der Waals surface area contributed by atoms with Crippen LogP contribution in [0.15, 0.2) is 182 Å². The minimum atomic E-state index is -0.0131. The largest absolute Gasteiger partial charge is 0.335 e. The first-order chi connectivity index (χ1) is 29.1. The van der Waals surface area contributed by atoms with Gasteiger partial charge in [-0.3, -0.25) is 0 Å². The van der Waals surface area contributed by atoms with Gasteiger partial charge >= 0.3 is 0 Å². The number of fused-ring (bicyclic) bond motifs is 12. The van der Waals surface area contributed by atoms with Crippen LogP contribution in [0.25, 0.3) is 98.6 Å². The molecule has 0 aliphatic heterocycles. The molecule has 12 rings (SSSR count). The first-order valence-corrected chi connectivity index (χ1v) is 21.1. The van der Waals surface area contributed by atoms with Crippen molar-refractivity contribution in [1.82, 2.24) is 18.3 Å². The fraction of sp³-hybridized carbons (Fsp3) is 0.143. The van der Waals surface area contributed by atoms with Gasteiger partial charge in [0.1, 0.15) is 0 Å². The van der Waals surface area contributed by atoms with Gasteiger partial charge in [0.25, 0.3) is 0 Å². The average molecular weight is 777 g/mol. The van der Waals surface area contributed by atoms with Crippen LogP contribution in [0.2, 0.25) is 0 Å². The molecule has 292 valence electrons. The molecule has 0 fully saturated rings.